The number of nitrogens with two attached hydrogens (primary N) is 2. The Bertz CT molecular complexity index is 2100. The van der Waals surface area contributed by atoms with E-state index in [1.165, 1.54) is 5.56 Å². The Balaban J connectivity index is 1.48. The lowest BCUT2D eigenvalue weighted by Gasteiger charge is -2.57. The van der Waals surface area contributed by atoms with Crippen molar-refractivity contribution in [1.29, 1.82) is 0 Å². The largest absolute Gasteiger partial charge is 0.460 e. The van der Waals surface area contributed by atoms with Crippen LogP contribution in [0.1, 0.15) is 97.3 Å². The van der Waals surface area contributed by atoms with Crippen LogP contribution in [0.3, 0.4) is 0 Å². The van der Waals surface area contributed by atoms with Gasteiger partial charge in [-0.1, -0.05) is 97.9 Å². The third-order valence-electron chi connectivity index (χ3n) is 12.0. The molecule has 4 amide bonds. The maximum atomic E-state index is 15.1. The van der Waals surface area contributed by atoms with Gasteiger partial charge in [0.05, 0.1) is 12.0 Å². The van der Waals surface area contributed by atoms with Gasteiger partial charge in [0.15, 0.2) is 0 Å². The first-order valence-electron chi connectivity index (χ1n) is 23.7. The van der Waals surface area contributed by atoms with E-state index in [1.54, 1.807) is 72.7 Å². The fraction of sp³-hybridized carbons (Fsp3) is 0.538. The van der Waals surface area contributed by atoms with E-state index in [0.29, 0.717) is 38.0 Å². The molecule has 3 aliphatic rings. The second kappa shape index (κ2) is 23.9. The molecule has 3 aliphatic heterocycles. The summed E-state index contributed by atoms with van der Waals surface area (Å²) >= 11 is 0. The molecule has 3 heterocycles. The standard InChI is InChI=1S/C52H73N7O8/c1-34(27-43(60)66-51(2,3)4)44(50(65)67-52(5,6)7)45(57-47(62)42(29-36-21-13-9-14-22-36)56-46(61)40(54)28-35-19-11-8-12-20-35)48(63)55-41(25-17-18-26-53)49(64)59-38-30-39(59)33-58(32-38)31-37-23-15-10-16-24-37/h8-16,19-24,34,38-42,44-45H,17-18,25-33,53-54H2,1-7H3,(H,55,63)(H,56,61)(H,57,62). The van der Waals surface area contributed by atoms with Crippen molar-refractivity contribution >= 4 is 35.6 Å². The predicted octanol–water partition coefficient (Wildman–Crippen LogP) is 4.19. The Morgan fingerprint density at radius 2 is 1.19 bits per heavy atom. The van der Waals surface area contributed by atoms with Gasteiger partial charge in [-0.05, 0) is 103 Å². The van der Waals surface area contributed by atoms with Crippen molar-refractivity contribution in [2.45, 2.75) is 147 Å². The van der Waals surface area contributed by atoms with E-state index in [4.69, 9.17) is 20.9 Å². The summed E-state index contributed by atoms with van der Waals surface area (Å²) in [6.07, 6.45) is 2.10. The summed E-state index contributed by atoms with van der Waals surface area (Å²) < 4.78 is 11.6. The van der Waals surface area contributed by atoms with Gasteiger partial charge in [-0.3, -0.25) is 33.7 Å². The molecule has 8 atom stereocenters. The highest BCUT2D eigenvalue weighted by Gasteiger charge is 2.50. The molecule has 7 N–H and O–H groups in total. The first-order valence-corrected chi connectivity index (χ1v) is 23.7. The average molecular weight is 924 g/mol. The second-order valence-corrected chi connectivity index (χ2v) is 20.2. The molecular weight excluding hydrogens is 851 g/mol. The predicted molar refractivity (Wildman–Crippen MR) is 257 cm³/mol. The molecule has 0 aromatic heterocycles. The minimum atomic E-state index is -1.69. The van der Waals surface area contributed by atoms with Crippen molar-refractivity contribution in [3.8, 4) is 0 Å². The van der Waals surface area contributed by atoms with Crippen LogP contribution in [-0.2, 0) is 57.6 Å². The van der Waals surface area contributed by atoms with E-state index in [-0.39, 0.29) is 43.7 Å². The van der Waals surface area contributed by atoms with Gasteiger partial charge in [0.25, 0.3) is 0 Å². The molecule has 3 fully saturated rings. The van der Waals surface area contributed by atoms with Crippen LogP contribution in [0.2, 0.25) is 0 Å². The highest BCUT2D eigenvalue weighted by molar-refractivity contribution is 5.97. The number of unbranched alkanes of at least 4 members (excludes halogenated alkanes) is 1. The Kier molecular flexibility index (Phi) is 18.7. The normalized spacial score (nSPS) is 18.7. The van der Waals surface area contributed by atoms with Crippen LogP contribution >= 0.6 is 0 Å². The molecule has 0 saturated carbocycles. The molecule has 3 aromatic rings. The molecular formula is C52H73N7O8. The summed E-state index contributed by atoms with van der Waals surface area (Å²) in [6.45, 7) is 14.3. The van der Waals surface area contributed by atoms with E-state index >= 15 is 4.79 Å². The molecule has 2 bridgehead atoms. The van der Waals surface area contributed by atoms with Gasteiger partial charge in [0, 0.05) is 44.6 Å². The zero-order valence-corrected chi connectivity index (χ0v) is 40.4. The topological polar surface area (TPSA) is 215 Å². The van der Waals surface area contributed by atoms with Crippen molar-refractivity contribution in [3.63, 3.8) is 0 Å². The molecule has 15 nitrogen and oxygen atoms in total. The average Bonchev–Trinajstić information content (AvgIpc) is 3.25. The number of nitrogens with one attached hydrogen (secondary N) is 3. The van der Waals surface area contributed by atoms with Gasteiger partial charge < -0.3 is 41.8 Å². The number of hydrogen-bond acceptors (Lipinski definition) is 11. The molecule has 67 heavy (non-hydrogen) atoms. The van der Waals surface area contributed by atoms with Crippen molar-refractivity contribution in [2.24, 2.45) is 23.3 Å². The first-order chi connectivity index (χ1) is 31.7. The first kappa shape index (κ1) is 52.3. The van der Waals surface area contributed by atoms with E-state index in [0.717, 1.165) is 18.5 Å². The molecule has 0 radical (unpaired) electrons. The third kappa shape index (κ3) is 16.0. The fourth-order valence-corrected chi connectivity index (χ4v) is 8.93. The van der Waals surface area contributed by atoms with Crippen molar-refractivity contribution in [1.82, 2.24) is 25.8 Å². The number of benzene rings is 3. The highest BCUT2D eigenvalue weighted by atomic mass is 16.6. The monoisotopic (exact) mass is 924 g/mol. The molecule has 3 aromatic carbocycles. The smallest absolute Gasteiger partial charge is 0.312 e. The van der Waals surface area contributed by atoms with Crippen LogP contribution in [0.5, 0.6) is 0 Å². The quantitative estimate of drug-likeness (QED) is 0.0712. The number of amides is 4. The Hall–Kier alpha value is -5.64. The van der Waals surface area contributed by atoms with Gasteiger partial charge in [-0.25, -0.2) is 0 Å². The summed E-state index contributed by atoms with van der Waals surface area (Å²) in [5, 5.41) is 8.60. The van der Waals surface area contributed by atoms with E-state index < -0.39 is 76.9 Å². The molecule has 364 valence electrons. The number of piperazine rings is 1. The van der Waals surface area contributed by atoms with Crippen LogP contribution in [0.25, 0.3) is 0 Å². The summed E-state index contributed by atoms with van der Waals surface area (Å²) in [7, 11) is 0. The van der Waals surface area contributed by atoms with Gasteiger partial charge in [-0.2, -0.15) is 0 Å². The Morgan fingerprint density at radius 3 is 1.73 bits per heavy atom. The van der Waals surface area contributed by atoms with Gasteiger partial charge in [0.2, 0.25) is 23.6 Å². The maximum absolute atomic E-state index is 15.1. The van der Waals surface area contributed by atoms with Crippen LogP contribution in [0.15, 0.2) is 91.0 Å². The lowest BCUT2D eigenvalue weighted by Crippen LogP contribution is -2.72. The van der Waals surface area contributed by atoms with Gasteiger partial charge >= 0.3 is 11.9 Å². The van der Waals surface area contributed by atoms with E-state index in [1.807, 2.05) is 59.5 Å². The highest BCUT2D eigenvalue weighted by Crippen LogP contribution is 2.34. The third-order valence-corrected chi connectivity index (χ3v) is 12.0. The van der Waals surface area contributed by atoms with Gasteiger partial charge in [0.1, 0.15) is 29.3 Å². The zero-order valence-electron chi connectivity index (χ0n) is 40.4. The second-order valence-electron chi connectivity index (χ2n) is 20.2. The summed E-state index contributed by atoms with van der Waals surface area (Å²) in [6, 6.07) is 23.3. The maximum Gasteiger partial charge on any atom is 0.312 e. The number of rotatable bonds is 22. The number of carbonyl (C=O) groups excluding carboxylic acids is 6. The lowest BCUT2D eigenvalue weighted by molar-refractivity contribution is -0.167. The van der Waals surface area contributed by atoms with Crippen LogP contribution in [0, 0.1) is 11.8 Å². The molecule has 3 saturated heterocycles. The minimum Gasteiger partial charge on any atom is -0.460 e. The Morgan fingerprint density at radius 1 is 0.672 bits per heavy atom. The van der Waals surface area contributed by atoms with Gasteiger partial charge in [-0.15, -0.1) is 0 Å². The minimum absolute atomic E-state index is 0.00853. The zero-order chi connectivity index (χ0) is 48.9. The lowest BCUT2D eigenvalue weighted by atomic mass is 9.83. The number of fused-ring (bicyclic) bond motifs is 2. The number of carbonyl (C=O) groups is 6. The van der Waals surface area contributed by atoms with Crippen LogP contribution in [-0.4, -0.2) is 112 Å². The number of ether oxygens (including phenoxy) is 2. The molecule has 15 heteroatoms. The number of nitrogens with zero attached hydrogens (tertiary/aromatic N) is 2. The number of esters is 2. The number of piperidine rings is 1. The SMILES string of the molecule is CC(CC(=O)OC(C)(C)C)C(C(=O)OC(C)(C)C)C(NC(=O)C(Cc1ccccc1)NC(=O)C(N)Cc1ccccc1)C(=O)NC(CCCCN)C(=O)N1C2CC1CN(Cc1ccccc1)C2. The van der Waals surface area contributed by atoms with Crippen molar-refractivity contribution in [2.75, 3.05) is 19.6 Å². The van der Waals surface area contributed by atoms with E-state index in [9.17, 15) is 24.0 Å². The Labute approximate surface area is 396 Å². The van der Waals surface area contributed by atoms with Crippen molar-refractivity contribution < 1.29 is 38.2 Å². The van der Waals surface area contributed by atoms with E-state index in [2.05, 4.69) is 33.0 Å². The van der Waals surface area contributed by atoms with Crippen LogP contribution in [0.4, 0.5) is 0 Å². The van der Waals surface area contributed by atoms with Crippen molar-refractivity contribution in [3.05, 3.63) is 108 Å². The fourth-order valence-electron chi connectivity index (χ4n) is 8.93. The van der Waals surface area contributed by atoms with Crippen LogP contribution < -0.4 is 27.4 Å². The summed E-state index contributed by atoms with van der Waals surface area (Å²) in [5.74, 6) is -6.33. The summed E-state index contributed by atoms with van der Waals surface area (Å²) in [4.78, 5) is 90.5. The molecule has 8 unspecified atom stereocenters. The molecule has 0 aliphatic carbocycles. The number of hydrogen-bond donors (Lipinski definition) is 5. The molecule has 0 spiro atoms. The molecule has 6 rings (SSSR count). The summed E-state index contributed by atoms with van der Waals surface area (Å²) in [5.41, 5.74) is 13.1.